The molecule has 3 aliphatic rings. The monoisotopic (exact) mass is 766 g/mol. The first-order chi connectivity index (χ1) is 24.7. The lowest BCUT2D eigenvalue weighted by Gasteiger charge is -2.36. The number of rotatable bonds is 7. The average Bonchev–Trinajstić information content (AvgIpc) is 3.70. The van der Waals surface area contributed by atoms with Crippen LogP contribution in [0.15, 0.2) is 82.6 Å². The van der Waals surface area contributed by atoms with E-state index in [1.807, 2.05) is 18.2 Å². The minimum atomic E-state index is -1.16. The standard InChI is InChI=1S/C23H24FN5O2S.C12H9ClFN3OS.CH4/c1-31-20-8-3-2-7-19(20)28-10-12-29(13-11-28)23-26-18-9-14-32(30)21(18)22(27-23)25-17-6-4-5-16(24)15-17;13-12-16-9-4-5-19(18)10(9)11(17-12)15-8-3-1-2-7(14)6-8;/h2-8,15H,9-14H2,1H3,(H,25,26,27);1-3,6H,4-5H2,(H,15,16,17);1H4. The second kappa shape index (κ2) is 16.3. The van der Waals surface area contributed by atoms with E-state index >= 15 is 0 Å². The number of hydrogen-bond donors (Lipinski definition) is 2. The lowest BCUT2D eigenvalue weighted by atomic mass is 10.2. The molecule has 2 aromatic heterocycles. The molecule has 0 amide bonds. The Hall–Kier alpha value is -4.73. The maximum Gasteiger partial charge on any atom is 0.227 e. The fraction of sp³-hybridized carbons (Fsp3) is 0.278. The van der Waals surface area contributed by atoms with E-state index < -0.39 is 21.6 Å². The number of ether oxygens (including phenoxy) is 1. The van der Waals surface area contributed by atoms with Gasteiger partial charge in [-0.3, -0.25) is 8.42 Å². The van der Waals surface area contributed by atoms with Crippen LogP contribution in [0.25, 0.3) is 0 Å². The summed E-state index contributed by atoms with van der Waals surface area (Å²) in [7, 11) is -0.609. The molecule has 1 fully saturated rings. The third-order valence-electron chi connectivity index (χ3n) is 8.50. The zero-order chi connectivity index (χ0) is 35.5. The van der Waals surface area contributed by atoms with Crippen molar-refractivity contribution in [3.63, 3.8) is 0 Å². The number of fused-ring (bicyclic) bond motifs is 2. The smallest absolute Gasteiger partial charge is 0.227 e. The number of hydrogen-bond acceptors (Lipinski definition) is 11. The predicted octanol–water partition coefficient (Wildman–Crippen LogP) is 6.67. The first-order valence-electron chi connectivity index (χ1n) is 16.2. The molecule has 0 bridgehead atoms. The molecule has 2 N–H and O–H groups in total. The fourth-order valence-electron chi connectivity index (χ4n) is 6.11. The van der Waals surface area contributed by atoms with Crippen molar-refractivity contribution in [1.29, 1.82) is 0 Å². The number of nitrogens with zero attached hydrogens (tertiary/aromatic N) is 6. The topological polar surface area (TPSA) is 125 Å². The Morgan fingerprint density at radius 2 is 1.25 bits per heavy atom. The Labute approximate surface area is 310 Å². The molecule has 3 aromatic carbocycles. The summed E-state index contributed by atoms with van der Waals surface area (Å²) in [5.74, 6) is 2.71. The third kappa shape index (κ3) is 8.16. The summed E-state index contributed by atoms with van der Waals surface area (Å²) in [6, 6.07) is 20.2. The van der Waals surface area contributed by atoms with Gasteiger partial charge in [-0.15, -0.1) is 0 Å². The predicted molar refractivity (Wildman–Crippen MR) is 203 cm³/mol. The van der Waals surface area contributed by atoms with Gasteiger partial charge < -0.3 is 25.2 Å². The van der Waals surface area contributed by atoms with Crippen LogP contribution in [0.3, 0.4) is 0 Å². The molecule has 272 valence electrons. The summed E-state index contributed by atoms with van der Waals surface area (Å²) in [5.41, 5.74) is 3.67. The first-order valence-corrected chi connectivity index (χ1v) is 19.2. The van der Waals surface area contributed by atoms with Crippen LogP contribution in [-0.2, 0) is 34.4 Å². The van der Waals surface area contributed by atoms with E-state index in [1.165, 1.54) is 24.3 Å². The van der Waals surface area contributed by atoms with Crippen LogP contribution in [0.5, 0.6) is 5.75 Å². The number of benzene rings is 3. The molecule has 5 heterocycles. The van der Waals surface area contributed by atoms with Crippen LogP contribution < -0.4 is 25.2 Å². The number of para-hydroxylation sites is 2. The quantitative estimate of drug-likeness (QED) is 0.173. The van der Waals surface area contributed by atoms with Crippen molar-refractivity contribution < 1.29 is 21.9 Å². The van der Waals surface area contributed by atoms with Crippen molar-refractivity contribution in [2.24, 2.45) is 0 Å². The largest absolute Gasteiger partial charge is 0.495 e. The average molecular weight is 767 g/mol. The number of methoxy groups -OCH3 is 1. The van der Waals surface area contributed by atoms with Gasteiger partial charge in [0, 0.05) is 61.9 Å². The highest BCUT2D eigenvalue weighted by Crippen LogP contribution is 2.34. The summed E-state index contributed by atoms with van der Waals surface area (Å²) in [4.78, 5) is 23.2. The van der Waals surface area contributed by atoms with Gasteiger partial charge in [-0.25, -0.2) is 18.7 Å². The Morgan fingerprint density at radius 3 is 1.83 bits per heavy atom. The van der Waals surface area contributed by atoms with Gasteiger partial charge in [0.15, 0.2) is 11.6 Å². The van der Waals surface area contributed by atoms with Gasteiger partial charge >= 0.3 is 0 Å². The number of aryl methyl sites for hydroxylation is 2. The van der Waals surface area contributed by atoms with Crippen molar-refractivity contribution in [2.75, 3.05) is 65.2 Å². The summed E-state index contributed by atoms with van der Waals surface area (Å²) >= 11 is 5.84. The van der Waals surface area contributed by atoms with Gasteiger partial charge in [0.25, 0.3) is 0 Å². The highest BCUT2D eigenvalue weighted by Gasteiger charge is 2.29. The van der Waals surface area contributed by atoms with Crippen LogP contribution in [0.2, 0.25) is 5.28 Å². The van der Waals surface area contributed by atoms with Crippen molar-refractivity contribution in [1.82, 2.24) is 19.9 Å². The molecule has 16 heteroatoms. The Kier molecular flexibility index (Phi) is 11.6. The molecule has 5 aromatic rings. The molecule has 11 nitrogen and oxygen atoms in total. The zero-order valence-corrected chi connectivity index (χ0v) is 29.8. The molecular formula is C36H37ClF2N8O3S2. The molecule has 52 heavy (non-hydrogen) atoms. The van der Waals surface area contributed by atoms with E-state index in [1.54, 1.807) is 31.4 Å². The summed E-state index contributed by atoms with van der Waals surface area (Å²) in [5, 5.41) is 6.21. The summed E-state index contributed by atoms with van der Waals surface area (Å²) in [6.45, 7) is 3.11. The highest BCUT2D eigenvalue weighted by molar-refractivity contribution is 7.85. The van der Waals surface area contributed by atoms with Crippen molar-refractivity contribution in [3.05, 3.63) is 101 Å². The molecule has 0 spiro atoms. The van der Waals surface area contributed by atoms with Gasteiger partial charge in [0.2, 0.25) is 11.2 Å². The maximum atomic E-state index is 13.7. The molecule has 0 aliphatic carbocycles. The minimum absolute atomic E-state index is 0. The molecule has 0 saturated carbocycles. The number of halogens is 3. The van der Waals surface area contributed by atoms with E-state index in [0.717, 1.165) is 43.3 Å². The van der Waals surface area contributed by atoms with Crippen LogP contribution >= 0.6 is 11.6 Å². The van der Waals surface area contributed by atoms with Gasteiger partial charge in [-0.1, -0.05) is 31.7 Å². The van der Waals surface area contributed by atoms with Crippen LogP contribution in [0, 0.1) is 11.6 Å². The number of anilines is 6. The van der Waals surface area contributed by atoms with E-state index in [4.69, 9.17) is 26.3 Å². The van der Waals surface area contributed by atoms with Crippen molar-refractivity contribution >= 4 is 67.8 Å². The van der Waals surface area contributed by atoms with E-state index in [9.17, 15) is 17.2 Å². The van der Waals surface area contributed by atoms with Gasteiger partial charge in [0.1, 0.15) is 27.2 Å². The second-order valence-corrected chi connectivity index (χ2v) is 15.1. The lowest BCUT2D eigenvalue weighted by molar-refractivity contribution is 0.413. The van der Waals surface area contributed by atoms with E-state index in [2.05, 4.69) is 36.5 Å². The minimum Gasteiger partial charge on any atom is -0.495 e. The normalized spacial score (nSPS) is 17.3. The Bertz CT molecular complexity index is 2140. The van der Waals surface area contributed by atoms with Gasteiger partial charge in [0.05, 0.1) is 45.8 Å². The highest BCUT2D eigenvalue weighted by atomic mass is 35.5. The number of piperazine rings is 1. The number of aromatic nitrogens is 4. The van der Waals surface area contributed by atoms with E-state index in [0.29, 0.717) is 68.8 Å². The van der Waals surface area contributed by atoms with E-state index in [-0.39, 0.29) is 24.3 Å². The molecule has 0 radical (unpaired) electrons. The Morgan fingerprint density at radius 1 is 0.712 bits per heavy atom. The van der Waals surface area contributed by atoms with Gasteiger partial charge in [-0.2, -0.15) is 9.97 Å². The van der Waals surface area contributed by atoms with Crippen LogP contribution in [-0.4, -0.2) is 73.1 Å². The molecular weight excluding hydrogens is 730 g/mol. The van der Waals surface area contributed by atoms with Crippen molar-refractivity contribution in [3.8, 4) is 5.75 Å². The Balaban J connectivity index is 0.000000198. The van der Waals surface area contributed by atoms with Crippen LogP contribution in [0.4, 0.5) is 43.4 Å². The zero-order valence-electron chi connectivity index (χ0n) is 27.4. The van der Waals surface area contributed by atoms with Gasteiger partial charge in [-0.05, 0) is 60.1 Å². The second-order valence-electron chi connectivity index (χ2n) is 11.8. The first kappa shape index (κ1) is 37.0. The SMILES string of the molecule is C.COc1ccccc1N1CCN(c2nc3c(c(Nc4cccc(F)c4)n2)S(=O)CC3)CC1.O=S1CCc2nc(Cl)nc(Nc3cccc(F)c3)c21. The summed E-state index contributed by atoms with van der Waals surface area (Å²) < 4.78 is 56.8. The molecule has 8 rings (SSSR count). The molecule has 1 saturated heterocycles. The molecule has 2 unspecified atom stereocenters. The molecule has 3 aliphatic heterocycles. The lowest BCUT2D eigenvalue weighted by Crippen LogP contribution is -2.47. The molecule has 2 atom stereocenters. The maximum absolute atomic E-state index is 13.7. The van der Waals surface area contributed by atoms with Crippen LogP contribution in [0.1, 0.15) is 18.8 Å². The van der Waals surface area contributed by atoms with Crippen molar-refractivity contribution in [2.45, 2.75) is 30.1 Å². The summed E-state index contributed by atoms with van der Waals surface area (Å²) in [6.07, 6.45) is 1.26. The fourth-order valence-corrected chi connectivity index (χ4v) is 8.90. The third-order valence-corrected chi connectivity index (χ3v) is 11.6. The number of nitrogens with one attached hydrogen (secondary N) is 2.